The highest BCUT2D eigenvalue weighted by molar-refractivity contribution is 7.81. The van der Waals surface area contributed by atoms with E-state index in [0.717, 1.165) is 50.9 Å². The number of hydrogen-bond acceptors (Lipinski definition) is 8. The predicted octanol–water partition coefficient (Wildman–Crippen LogP) is 13.0. The van der Waals surface area contributed by atoms with Crippen molar-refractivity contribution in [3.05, 3.63) is 93.0 Å². The van der Waals surface area contributed by atoms with Crippen molar-refractivity contribution < 1.29 is 20.4 Å². The van der Waals surface area contributed by atoms with Gasteiger partial charge in [-0.25, -0.2) is 0 Å². The largest absolute Gasteiger partial charge is 0.508 e. The maximum atomic E-state index is 11.0. The van der Waals surface area contributed by atoms with Crippen molar-refractivity contribution in [2.24, 2.45) is 0 Å². The zero-order valence-corrected chi connectivity index (χ0v) is 37.1. The Balaban J connectivity index is 1.94. The summed E-state index contributed by atoms with van der Waals surface area (Å²) in [4.78, 5) is 2.75. The second kappa shape index (κ2) is 15.5. The molecule has 0 atom stereocenters. The quantitative estimate of drug-likeness (QED) is 0.0855. The van der Waals surface area contributed by atoms with Gasteiger partial charge in [-0.05, 0) is 128 Å². The third kappa shape index (κ3) is 9.66. The predicted molar refractivity (Wildman–Crippen MR) is 234 cm³/mol. The Hall–Kier alpha value is -2.52. The van der Waals surface area contributed by atoms with Crippen molar-refractivity contribution >= 4 is 50.5 Å². The molecule has 4 nitrogen and oxygen atoms in total. The number of rotatable bonds is 8. The molecule has 8 heteroatoms. The Kier molecular flexibility index (Phi) is 12.7. The molecule has 0 unspecified atom stereocenters. The van der Waals surface area contributed by atoms with E-state index in [9.17, 15) is 20.4 Å². The first-order valence-corrected chi connectivity index (χ1v) is 20.2. The number of thiol groups is 4. The molecule has 0 aliphatic carbocycles. The van der Waals surface area contributed by atoms with E-state index in [4.69, 9.17) is 50.5 Å². The van der Waals surface area contributed by atoms with Crippen molar-refractivity contribution in [2.45, 2.75) is 155 Å². The summed E-state index contributed by atoms with van der Waals surface area (Å²) in [7, 11) is 0. The first kappa shape index (κ1) is 43.2. The lowest BCUT2D eigenvalue weighted by atomic mass is 9.77. The molecule has 0 aliphatic rings. The van der Waals surface area contributed by atoms with Crippen LogP contribution in [0.2, 0.25) is 0 Å². The lowest BCUT2D eigenvalue weighted by Gasteiger charge is -2.30. The van der Waals surface area contributed by atoms with Crippen LogP contribution in [0.25, 0.3) is 0 Å². The van der Waals surface area contributed by atoms with Gasteiger partial charge in [-0.3, -0.25) is 0 Å². The van der Waals surface area contributed by atoms with Crippen molar-refractivity contribution in [3.63, 3.8) is 0 Å². The van der Waals surface area contributed by atoms with Crippen molar-refractivity contribution in [2.75, 3.05) is 0 Å². The second-order valence-electron chi connectivity index (χ2n) is 18.7. The molecule has 0 saturated heterocycles. The first-order chi connectivity index (χ1) is 24.1. The SMILES string of the molecule is CC(C)(C)c1cc(C(CCCC(c2cc(C(C)(C)C)c(O)cc2S)c2cc(C(C)(C)C)c(O)cc2S)c2cc(C(C)(C)C)c(O)cc2S)c(S)cc1O. The second-order valence-corrected chi connectivity index (χ2v) is 20.7. The van der Waals surface area contributed by atoms with Gasteiger partial charge in [-0.2, -0.15) is 0 Å². The van der Waals surface area contributed by atoms with Crippen LogP contribution in [-0.4, -0.2) is 20.4 Å². The van der Waals surface area contributed by atoms with Crippen LogP contribution in [0.4, 0.5) is 0 Å². The van der Waals surface area contributed by atoms with Gasteiger partial charge in [0.15, 0.2) is 0 Å². The third-order valence-electron chi connectivity index (χ3n) is 10.3. The molecule has 0 radical (unpaired) electrons. The molecule has 4 aromatic carbocycles. The minimum Gasteiger partial charge on any atom is -0.508 e. The highest BCUT2D eigenvalue weighted by atomic mass is 32.1. The molecule has 4 rings (SSSR count). The monoisotopic (exact) mass is 792 g/mol. The van der Waals surface area contributed by atoms with E-state index >= 15 is 0 Å². The summed E-state index contributed by atoms with van der Waals surface area (Å²) < 4.78 is 0. The van der Waals surface area contributed by atoms with Crippen LogP contribution in [0.1, 0.15) is 159 Å². The van der Waals surface area contributed by atoms with Gasteiger partial charge >= 0.3 is 0 Å². The van der Waals surface area contributed by atoms with Gasteiger partial charge in [-0.15, -0.1) is 50.5 Å². The summed E-state index contributed by atoms with van der Waals surface area (Å²) >= 11 is 19.7. The highest BCUT2D eigenvalue weighted by Crippen LogP contribution is 2.48. The lowest BCUT2D eigenvalue weighted by Crippen LogP contribution is -2.16. The van der Waals surface area contributed by atoms with E-state index in [0.29, 0.717) is 32.4 Å². The Bertz CT molecular complexity index is 1710. The Morgan fingerprint density at radius 2 is 0.566 bits per heavy atom. The van der Waals surface area contributed by atoms with Gasteiger partial charge in [-0.1, -0.05) is 89.5 Å². The topological polar surface area (TPSA) is 80.9 Å². The number of phenols is 4. The summed E-state index contributed by atoms with van der Waals surface area (Å²) in [6.07, 6.45) is 2.17. The fourth-order valence-electron chi connectivity index (χ4n) is 7.38. The molecule has 0 saturated carbocycles. The molecule has 288 valence electrons. The zero-order chi connectivity index (χ0) is 40.2. The molecule has 4 aromatic rings. The molecule has 0 aliphatic heterocycles. The van der Waals surface area contributed by atoms with E-state index in [1.165, 1.54) is 0 Å². The summed E-state index contributed by atoms with van der Waals surface area (Å²) in [5.74, 6) is 0.514. The van der Waals surface area contributed by atoms with Crippen molar-refractivity contribution in [1.29, 1.82) is 0 Å². The Morgan fingerprint density at radius 3 is 0.736 bits per heavy atom. The van der Waals surface area contributed by atoms with Crippen LogP contribution in [-0.2, 0) is 21.7 Å². The first-order valence-electron chi connectivity index (χ1n) is 18.4. The van der Waals surface area contributed by atoms with Gasteiger partial charge in [0, 0.05) is 31.4 Å². The van der Waals surface area contributed by atoms with Crippen molar-refractivity contribution in [1.82, 2.24) is 0 Å². The molecule has 0 heterocycles. The van der Waals surface area contributed by atoms with Gasteiger partial charge in [0.1, 0.15) is 23.0 Å². The summed E-state index contributed by atoms with van der Waals surface area (Å²) in [6, 6.07) is 15.3. The molecule has 53 heavy (non-hydrogen) atoms. The van der Waals surface area contributed by atoms with Crippen LogP contribution >= 0.6 is 50.5 Å². The maximum Gasteiger partial charge on any atom is 0.120 e. The van der Waals surface area contributed by atoms with E-state index in [1.54, 1.807) is 24.3 Å². The molecule has 0 fully saturated rings. The van der Waals surface area contributed by atoms with Gasteiger partial charge < -0.3 is 20.4 Å². The average Bonchev–Trinajstić information content (AvgIpc) is 2.96. The van der Waals surface area contributed by atoms with E-state index in [-0.39, 0.29) is 56.5 Å². The van der Waals surface area contributed by atoms with Crippen LogP contribution < -0.4 is 0 Å². The van der Waals surface area contributed by atoms with Gasteiger partial charge in [0.05, 0.1) is 0 Å². The smallest absolute Gasteiger partial charge is 0.120 e. The highest BCUT2D eigenvalue weighted by Gasteiger charge is 2.31. The number of aromatic hydroxyl groups is 4. The summed E-state index contributed by atoms with van der Waals surface area (Å²) in [6.45, 7) is 25.0. The Morgan fingerprint density at radius 1 is 0.377 bits per heavy atom. The third-order valence-corrected chi connectivity index (χ3v) is 11.8. The normalized spacial score (nSPS) is 13.0. The summed E-state index contributed by atoms with van der Waals surface area (Å²) in [5, 5.41) is 44.2. The molecule has 0 spiro atoms. The van der Waals surface area contributed by atoms with Crippen LogP contribution in [0.5, 0.6) is 23.0 Å². The molecule has 0 aromatic heterocycles. The summed E-state index contributed by atoms with van der Waals surface area (Å²) in [5.41, 5.74) is 6.01. The standard InChI is InChI=1S/C45H60O4S4/c1-42(2,3)30-16-26(38(50)20-34(30)46)24(27-17-31(43(4,5)6)35(47)21-39(27)51)14-13-15-25(28-18-32(44(7,8)9)36(48)22-40(28)52)29-19-33(45(10,11)12)37(49)23-41(29)53/h16-25,46-53H,13-15H2,1-12H3. The minimum absolute atomic E-state index is 0.167. The van der Waals surface area contributed by atoms with E-state index in [1.807, 2.05) is 0 Å². The molecular formula is C45H60O4S4. The average molecular weight is 793 g/mol. The fraction of sp³-hybridized carbons (Fsp3) is 0.467. The number of phenolic OH excluding ortho intramolecular Hbond substituents is 4. The van der Waals surface area contributed by atoms with E-state index in [2.05, 4.69) is 107 Å². The molecule has 0 bridgehead atoms. The van der Waals surface area contributed by atoms with E-state index < -0.39 is 0 Å². The number of benzene rings is 4. The van der Waals surface area contributed by atoms with Crippen LogP contribution in [0.15, 0.2) is 68.1 Å². The van der Waals surface area contributed by atoms with Crippen LogP contribution in [0, 0.1) is 0 Å². The zero-order valence-electron chi connectivity index (χ0n) is 33.5. The minimum atomic E-state index is -0.315. The number of hydrogen-bond donors (Lipinski definition) is 8. The van der Waals surface area contributed by atoms with Crippen LogP contribution in [0.3, 0.4) is 0 Å². The lowest BCUT2D eigenvalue weighted by molar-refractivity contribution is 0.442. The molecular weight excluding hydrogens is 733 g/mol. The van der Waals surface area contributed by atoms with Crippen molar-refractivity contribution in [3.8, 4) is 23.0 Å². The Labute approximate surface area is 340 Å². The van der Waals surface area contributed by atoms with Gasteiger partial charge in [0.2, 0.25) is 0 Å². The fourth-order valence-corrected chi connectivity index (χ4v) is 8.75. The molecule has 0 amide bonds. The maximum absolute atomic E-state index is 11.0. The molecule has 4 N–H and O–H groups in total. The van der Waals surface area contributed by atoms with Gasteiger partial charge in [0.25, 0.3) is 0 Å².